The SMILES string of the molecule is O=C(O)CCC1CCN(Cc2cccc([N+](=O)[O-])c2)C1. The van der Waals surface area contributed by atoms with Crippen molar-refractivity contribution in [3.8, 4) is 0 Å². The predicted octanol–water partition coefficient (Wildman–Crippen LogP) is 2.28. The van der Waals surface area contributed by atoms with Crippen LogP contribution in [0.25, 0.3) is 0 Å². The summed E-state index contributed by atoms with van der Waals surface area (Å²) in [5.74, 6) is -0.327. The zero-order valence-electron chi connectivity index (χ0n) is 11.2. The van der Waals surface area contributed by atoms with Crippen LogP contribution in [-0.2, 0) is 11.3 Å². The highest BCUT2D eigenvalue weighted by atomic mass is 16.6. The van der Waals surface area contributed by atoms with Crippen LogP contribution in [0.2, 0.25) is 0 Å². The lowest BCUT2D eigenvalue weighted by Crippen LogP contribution is -2.20. The van der Waals surface area contributed by atoms with Crippen LogP contribution in [0.5, 0.6) is 0 Å². The molecular weight excluding hydrogens is 260 g/mol. The van der Waals surface area contributed by atoms with Crippen molar-refractivity contribution in [2.75, 3.05) is 13.1 Å². The molecule has 1 N–H and O–H groups in total. The van der Waals surface area contributed by atoms with Crippen LogP contribution < -0.4 is 0 Å². The largest absolute Gasteiger partial charge is 0.481 e. The van der Waals surface area contributed by atoms with E-state index in [4.69, 9.17) is 5.11 Å². The third-order valence-corrected chi connectivity index (χ3v) is 3.66. The number of carbonyl (C=O) groups is 1. The van der Waals surface area contributed by atoms with Crippen molar-refractivity contribution in [1.82, 2.24) is 4.90 Å². The van der Waals surface area contributed by atoms with Gasteiger partial charge < -0.3 is 5.11 Å². The summed E-state index contributed by atoms with van der Waals surface area (Å²) in [6.07, 6.45) is 1.93. The maximum Gasteiger partial charge on any atom is 0.303 e. The van der Waals surface area contributed by atoms with E-state index in [1.807, 2.05) is 6.07 Å². The molecule has 1 aromatic rings. The van der Waals surface area contributed by atoms with Crippen molar-refractivity contribution in [2.24, 2.45) is 5.92 Å². The summed E-state index contributed by atoms with van der Waals surface area (Å²) >= 11 is 0. The van der Waals surface area contributed by atoms with E-state index in [1.54, 1.807) is 12.1 Å². The Labute approximate surface area is 117 Å². The lowest BCUT2D eigenvalue weighted by atomic mass is 10.0. The number of rotatable bonds is 6. The minimum Gasteiger partial charge on any atom is -0.481 e. The number of hydrogen-bond acceptors (Lipinski definition) is 4. The van der Waals surface area contributed by atoms with E-state index < -0.39 is 5.97 Å². The Kier molecular flexibility index (Phi) is 4.68. The van der Waals surface area contributed by atoms with Gasteiger partial charge in [-0.3, -0.25) is 19.8 Å². The molecule has 1 saturated heterocycles. The van der Waals surface area contributed by atoms with Crippen molar-refractivity contribution in [3.05, 3.63) is 39.9 Å². The molecule has 1 heterocycles. The Balaban J connectivity index is 1.87. The Bertz CT molecular complexity index is 504. The predicted molar refractivity (Wildman–Crippen MR) is 73.4 cm³/mol. The molecule has 6 nitrogen and oxygen atoms in total. The number of benzene rings is 1. The lowest BCUT2D eigenvalue weighted by molar-refractivity contribution is -0.384. The maximum atomic E-state index is 10.7. The zero-order valence-corrected chi connectivity index (χ0v) is 11.2. The summed E-state index contributed by atoms with van der Waals surface area (Å²) in [7, 11) is 0. The Morgan fingerprint density at radius 3 is 3.00 bits per heavy atom. The fourth-order valence-electron chi connectivity index (χ4n) is 2.65. The van der Waals surface area contributed by atoms with Gasteiger partial charge in [0.15, 0.2) is 0 Å². The molecule has 20 heavy (non-hydrogen) atoms. The molecule has 0 saturated carbocycles. The van der Waals surface area contributed by atoms with Gasteiger partial charge in [-0.25, -0.2) is 0 Å². The smallest absolute Gasteiger partial charge is 0.303 e. The first kappa shape index (κ1) is 14.5. The number of likely N-dealkylation sites (tertiary alicyclic amines) is 1. The van der Waals surface area contributed by atoms with E-state index in [2.05, 4.69) is 4.90 Å². The van der Waals surface area contributed by atoms with E-state index >= 15 is 0 Å². The second-order valence-corrected chi connectivity index (χ2v) is 5.25. The van der Waals surface area contributed by atoms with Crippen LogP contribution in [0.3, 0.4) is 0 Å². The van der Waals surface area contributed by atoms with Gasteiger partial charge in [-0.15, -0.1) is 0 Å². The molecule has 0 radical (unpaired) electrons. The number of non-ortho nitro benzene ring substituents is 1. The van der Waals surface area contributed by atoms with Gasteiger partial charge >= 0.3 is 5.97 Å². The zero-order chi connectivity index (χ0) is 14.5. The fraction of sp³-hybridized carbons (Fsp3) is 0.500. The Hall–Kier alpha value is -1.95. The summed E-state index contributed by atoms with van der Waals surface area (Å²) in [6, 6.07) is 6.68. The topological polar surface area (TPSA) is 83.7 Å². The van der Waals surface area contributed by atoms with Crippen LogP contribution in [-0.4, -0.2) is 34.0 Å². The molecule has 108 valence electrons. The van der Waals surface area contributed by atoms with E-state index in [0.29, 0.717) is 18.9 Å². The highest BCUT2D eigenvalue weighted by Gasteiger charge is 2.23. The van der Waals surface area contributed by atoms with Crippen molar-refractivity contribution in [2.45, 2.75) is 25.8 Å². The van der Waals surface area contributed by atoms with Crippen LogP contribution in [0.1, 0.15) is 24.8 Å². The molecule has 0 amide bonds. The second-order valence-electron chi connectivity index (χ2n) is 5.25. The lowest BCUT2D eigenvalue weighted by Gasteiger charge is -2.15. The number of carboxylic acids is 1. The summed E-state index contributed by atoms with van der Waals surface area (Å²) in [5, 5.41) is 19.4. The minimum absolute atomic E-state index is 0.115. The van der Waals surface area contributed by atoms with Crippen molar-refractivity contribution in [1.29, 1.82) is 0 Å². The number of hydrogen-bond donors (Lipinski definition) is 1. The van der Waals surface area contributed by atoms with E-state index in [9.17, 15) is 14.9 Å². The normalized spacial score (nSPS) is 19.1. The van der Waals surface area contributed by atoms with E-state index in [-0.39, 0.29) is 17.0 Å². The standard InChI is InChI=1S/C14H18N2O4/c17-14(18)5-4-11-6-7-15(9-11)10-12-2-1-3-13(8-12)16(19)20/h1-3,8,11H,4-7,9-10H2,(H,17,18). The molecule has 0 aliphatic carbocycles. The number of carboxylic acid groups (broad SMARTS) is 1. The maximum absolute atomic E-state index is 10.7. The fourth-order valence-corrected chi connectivity index (χ4v) is 2.65. The van der Waals surface area contributed by atoms with Crippen LogP contribution >= 0.6 is 0 Å². The summed E-state index contributed by atoms with van der Waals surface area (Å²) in [4.78, 5) is 23.1. The molecule has 1 atom stereocenters. The van der Waals surface area contributed by atoms with Crippen LogP contribution in [0, 0.1) is 16.0 Å². The molecule has 1 aliphatic heterocycles. The molecule has 1 unspecified atom stereocenters. The Morgan fingerprint density at radius 2 is 2.30 bits per heavy atom. The van der Waals surface area contributed by atoms with Gasteiger partial charge in [-0.1, -0.05) is 12.1 Å². The first-order valence-electron chi connectivity index (χ1n) is 6.72. The van der Waals surface area contributed by atoms with Gasteiger partial charge in [0.25, 0.3) is 5.69 Å². The molecule has 1 aliphatic rings. The third kappa shape index (κ3) is 4.03. The molecule has 1 fully saturated rings. The van der Waals surface area contributed by atoms with Crippen LogP contribution in [0.15, 0.2) is 24.3 Å². The number of nitrogens with zero attached hydrogens (tertiary/aromatic N) is 2. The second kappa shape index (κ2) is 6.47. The van der Waals surface area contributed by atoms with E-state index in [1.165, 1.54) is 6.07 Å². The average molecular weight is 278 g/mol. The molecule has 0 aromatic heterocycles. The number of nitro groups is 1. The van der Waals surface area contributed by atoms with Gasteiger partial charge in [0.05, 0.1) is 4.92 Å². The number of aliphatic carboxylic acids is 1. The van der Waals surface area contributed by atoms with Gasteiger partial charge in [0.1, 0.15) is 0 Å². The van der Waals surface area contributed by atoms with Crippen molar-refractivity contribution < 1.29 is 14.8 Å². The summed E-state index contributed by atoms with van der Waals surface area (Å²) in [6.45, 7) is 2.48. The minimum atomic E-state index is -0.748. The van der Waals surface area contributed by atoms with Crippen molar-refractivity contribution >= 4 is 11.7 Å². The van der Waals surface area contributed by atoms with E-state index in [0.717, 1.165) is 25.1 Å². The highest BCUT2D eigenvalue weighted by molar-refractivity contribution is 5.66. The molecule has 0 spiro atoms. The summed E-state index contributed by atoms with van der Waals surface area (Å²) in [5.41, 5.74) is 1.04. The first-order chi connectivity index (χ1) is 9.54. The first-order valence-corrected chi connectivity index (χ1v) is 6.72. The van der Waals surface area contributed by atoms with Gasteiger partial charge in [0.2, 0.25) is 0 Å². The van der Waals surface area contributed by atoms with Gasteiger partial charge in [-0.2, -0.15) is 0 Å². The molecule has 6 heteroatoms. The number of nitro benzene ring substituents is 1. The molecular formula is C14H18N2O4. The van der Waals surface area contributed by atoms with Gasteiger partial charge in [0, 0.05) is 31.6 Å². The van der Waals surface area contributed by atoms with Gasteiger partial charge in [-0.05, 0) is 30.9 Å². The summed E-state index contributed by atoms with van der Waals surface area (Å²) < 4.78 is 0. The van der Waals surface area contributed by atoms with Crippen LogP contribution in [0.4, 0.5) is 5.69 Å². The molecule has 2 rings (SSSR count). The van der Waals surface area contributed by atoms with Crippen molar-refractivity contribution in [3.63, 3.8) is 0 Å². The highest BCUT2D eigenvalue weighted by Crippen LogP contribution is 2.23. The monoisotopic (exact) mass is 278 g/mol. The quantitative estimate of drug-likeness (QED) is 0.637. The Morgan fingerprint density at radius 1 is 1.50 bits per heavy atom. The third-order valence-electron chi connectivity index (χ3n) is 3.66. The molecule has 1 aromatic carbocycles. The average Bonchev–Trinajstić information content (AvgIpc) is 2.84. The molecule has 0 bridgehead atoms.